The first-order valence-electron chi connectivity index (χ1n) is 5.70. The highest BCUT2D eigenvalue weighted by Crippen LogP contribution is 2.32. The molecular formula is C13H15NO3S. The summed E-state index contributed by atoms with van der Waals surface area (Å²) in [4.78, 5) is 5.03. The van der Waals surface area contributed by atoms with Gasteiger partial charge in [0, 0.05) is 11.8 Å². The van der Waals surface area contributed by atoms with E-state index in [1.807, 2.05) is 25.1 Å². The minimum Gasteiger partial charge on any atom is -0.490 e. The minimum atomic E-state index is -0.0705. The van der Waals surface area contributed by atoms with Crippen molar-refractivity contribution in [2.75, 3.05) is 6.61 Å². The van der Waals surface area contributed by atoms with Crippen LogP contribution in [0.1, 0.15) is 17.4 Å². The molecule has 0 saturated carbocycles. The molecule has 1 heterocycles. The van der Waals surface area contributed by atoms with Crippen LogP contribution in [0.25, 0.3) is 0 Å². The zero-order valence-electron chi connectivity index (χ0n) is 10.1. The molecule has 0 aliphatic rings. The van der Waals surface area contributed by atoms with Gasteiger partial charge in [-0.3, -0.25) is 4.98 Å². The van der Waals surface area contributed by atoms with E-state index in [2.05, 4.69) is 4.98 Å². The monoisotopic (exact) mass is 265 g/mol. The summed E-state index contributed by atoms with van der Waals surface area (Å²) in [6, 6.07) is 5.51. The second-order valence-corrected chi connectivity index (χ2v) is 4.56. The fourth-order valence-corrected chi connectivity index (χ4v) is 2.08. The maximum absolute atomic E-state index is 9.32. The van der Waals surface area contributed by atoms with Gasteiger partial charge in [-0.1, -0.05) is 12.1 Å². The van der Waals surface area contributed by atoms with Gasteiger partial charge in [0.25, 0.3) is 0 Å². The second-order valence-electron chi connectivity index (χ2n) is 3.59. The van der Waals surface area contributed by atoms with E-state index in [0.717, 1.165) is 10.4 Å². The summed E-state index contributed by atoms with van der Waals surface area (Å²) in [5, 5.41) is 9.32. The molecule has 0 bridgehead atoms. The first kappa shape index (κ1) is 12.9. The number of aromatic nitrogens is 1. The lowest BCUT2D eigenvalue weighted by molar-refractivity contribution is 0.244. The topological polar surface area (TPSA) is 51.6 Å². The number of benzene rings is 1. The lowest BCUT2D eigenvalue weighted by Crippen LogP contribution is -2.01. The van der Waals surface area contributed by atoms with Crippen molar-refractivity contribution in [2.24, 2.45) is 0 Å². The van der Waals surface area contributed by atoms with E-state index in [1.165, 1.54) is 11.3 Å². The van der Waals surface area contributed by atoms with Crippen molar-refractivity contribution in [1.29, 1.82) is 0 Å². The van der Waals surface area contributed by atoms with Gasteiger partial charge in [-0.15, -0.1) is 11.3 Å². The number of ether oxygens (including phenoxy) is 2. The van der Waals surface area contributed by atoms with E-state index in [4.69, 9.17) is 9.47 Å². The molecule has 96 valence electrons. The number of hydrogen-bond donors (Lipinski definition) is 1. The fraction of sp³-hybridized carbons (Fsp3) is 0.308. The Hall–Kier alpha value is -1.59. The molecule has 18 heavy (non-hydrogen) atoms. The molecule has 0 unspecified atom stereocenters. The molecule has 1 aromatic carbocycles. The van der Waals surface area contributed by atoms with Crippen LogP contribution in [-0.2, 0) is 13.2 Å². The van der Waals surface area contributed by atoms with Crippen LogP contribution in [0.3, 0.4) is 0 Å². The zero-order valence-corrected chi connectivity index (χ0v) is 10.9. The summed E-state index contributed by atoms with van der Waals surface area (Å²) >= 11 is 1.54. The Kier molecular flexibility index (Phi) is 4.55. The van der Waals surface area contributed by atoms with Crippen LogP contribution in [0.15, 0.2) is 29.9 Å². The molecule has 2 rings (SSSR count). The van der Waals surface area contributed by atoms with E-state index < -0.39 is 0 Å². The highest BCUT2D eigenvalue weighted by Gasteiger charge is 2.10. The third-order valence-corrected chi connectivity index (χ3v) is 3.13. The first-order valence-corrected chi connectivity index (χ1v) is 6.58. The number of rotatable bonds is 6. The SMILES string of the molecule is CCOc1cccc(CO)c1OCc1cncs1. The quantitative estimate of drug-likeness (QED) is 0.872. The summed E-state index contributed by atoms with van der Waals surface area (Å²) in [6.45, 7) is 2.84. The van der Waals surface area contributed by atoms with E-state index in [1.54, 1.807) is 11.7 Å². The summed E-state index contributed by atoms with van der Waals surface area (Å²) < 4.78 is 11.2. The second kappa shape index (κ2) is 6.37. The number of aliphatic hydroxyl groups is 1. The predicted octanol–water partition coefficient (Wildman–Crippen LogP) is 2.61. The van der Waals surface area contributed by atoms with Crippen molar-refractivity contribution < 1.29 is 14.6 Å². The third-order valence-electron chi connectivity index (χ3n) is 2.37. The van der Waals surface area contributed by atoms with Gasteiger partial charge in [-0.05, 0) is 13.0 Å². The average molecular weight is 265 g/mol. The van der Waals surface area contributed by atoms with E-state index in [9.17, 15) is 5.11 Å². The Labute approximate surface area is 110 Å². The highest BCUT2D eigenvalue weighted by molar-refractivity contribution is 7.09. The molecule has 1 N–H and O–H groups in total. The van der Waals surface area contributed by atoms with Crippen molar-refractivity contribution in [3.8, 4) is 11.5 Å². The molecule has 0 spiro atoms. The maximum Gasteiger partial charge on any atom is 0.167 e. The first-order chi connectivity index (χ1) is 8.85. The lowest BCUT2D eigenvalue weighted by atomic mass is 10.2. The van der Waals surface area contributed by atoms with Gasteiger partial charge in [-0.2, -0.15) is 0 Å². The lowest BCUT2D eigenvalue weighted by Gasteiger charge is -2.14. The predicted molar refractivity (Wildman–Crippen MR) is 70.0 cm³/mol. The molecule has 0 fully saturated rings. The Morgan fingerprint density at radius 3 is 2.89 bits per heavy atom. The number of thiazole rings is 1. The van der Waals surface area contributed by atoms with Gasteiger partial charge in [-0.25, -0.2) is 0 Å². The molecule has 0 radical (unpaired) electrons. The van der Waals surface area contributed by atoms with Gasteiger partial charge in [0.1, 0.15) is 6.61 Å². The Balaban J connectivity index is 2.18. The van der Waals surface area contributed by atoms with Crippen molar-refractivity contribution >= 4 is 11.3 Å². The largest absolute Gasteiger partial charge is 0.490 e. The molecule has 1 aromatic heterocycles. The van der Waals surface area contributed by atoms with E-state index in [0.29, 0.717) is 24.7 Å². The molecule has 0 aliphatic carbocycles. The molecule has 0 saturated heterocycles. The highest BCUT2D eigenvalue weighted by atomic mass is 32.1. The van der Waals surface area contributed by atoms with E-state index >= 15 is 0 Å². The van der Waals surface area contributed by atoms with Crippen LogP contribution in [0.5, 0.6) is 11.5 Å². The van der Waals surface area contributed by atoms with Crippen molar-refractivity contribution in [2.45, 2.75) is 20.1 Å². The maximum atomic E-state index is 9.32. The van der Waals surface area contributed by atoms with Crippen LogP contribution >= 0.6 is 11.3 Å². The smallest absolute Gasteiger partial charge is 0.167 e. The van der Waals surface area contributed by atoms with Crippen LogP contribution in [0, 0.1) is 0 Å². The molecule has 0 amide bonds. The number of nitrogens with zero attached hydrogens (tertiary/aromatic N) is 1. The Bertz CT molecular complexity index is 485. The molecule has 5 heteroatoms. The third kappa shape index (κ3) is 3.00. The van der Waals surface area contributed by atoms with Crippen LogP contribution < -0.4 is 9.47 Å². The normalized spacial score (nSPS) is 10.3. The van der Waals surface area contributed by atoms with Gasteiger partial charge >= 0.3 is 0 Å². The molecule has 0 aliphatic heterocycles. The van der Waals surface area contributed by atoms with Gasteiger partial charge in [0.05, 0.1) is 23.6 Å². The van der Waals surface area contributed by atoms with Gasteiger partial charge in [0.2, 0.25) is 0 Å². The number of para-hydroxylation sites is 1. The summed E-state index contributed by atoms with van der Waals surface area (Å²) in [5.74, 6) is 1.27. The molecule has 0 atom stereocenters. The van der Waals surface area contributed by atoms with E-state index in [-0.39, 0.29) is 6.61 Å². The zero-order chi connectivity index (χ0) is 12.8. The Morgan fingerprint density at radius 1 is 1.33 bits per heavy atom. The van der Waals surface area contributed by atoms with Crippen LogP contribution in [0.4, 0.5) is 0 Å². The van der Waals surface area contributed by atoms with Crippen molar-refractivity contribution in [1.82, 2.24) is 4.98 Å². The standard InChI is InChI=1S/C13H15NO3S/c1-2-16-12-5-3-4-10(7-15)13(12)17-8-11-6-14-9-18-11/h3-6,9,15H,2,7-8H2,1H3. The summed E-state index contributed by atoms with van der Waals surface area (Å²) in [6.07, 6.45) is 1.77. The fourth-order valence-electron chi connectivity index (χ4n) is 1.58. The van der Waals surface area contributed by atoms with Crippen molar-refractivity contribution in [3.05, 3.63) is 40.3 Å². The minimum absolute atomic E-state index is 0.0705. The summed E-state index contributed by atoms with van der Waals surface area (Å²) in [5.41, 5.74) is 2.49. The molecular weight excluding hydrogens is 250 g/mol. The van der Waals surface area contributed by atoms with Crippen molar-refractivity contribution in [3.63, 3.8) is 0 Å². The number of aliphatic hydroxyl groups excluding tert-OH is 1. The van der Waals surface area contributed by atoms with Gasteiger partial charge in [0.15, 0.2) is 11.5 Å². The average Bonchev–Trinajstić information content (AvgIpc) is 2.90. The molecule has 4 nitrogen and oxygen atoms in total. The van der Waals surface area contributed by atoms with Crippen LogP contribution in [0.2, 0.25) is 0 Å². The van der Waals surface area contributed by atoms with Crippen LogP contribution in [-0.4, -0.2) is 16.7 Å². The van der Waals surface area contributed by atoms with Gasteiger partial charge < -0.3 is 14.6 Å². The Morgan fingerprint density at radius 2 is 2.22 bits per heavy atom. The molecule has 2 aromatic rings. The summed E-state index contributed by atoms with van der Waals surface area (Å²) in [7, 11) is 0. The number of hydrogen-bond acceptors (Lipinski definition) is 5.